The number of hydrogen-bond donors (Lipinski definition) is 2. The van der Waals surface area contributed by atoms with Crippen molar-refractivity contribution in [2.45, 2.75) is 38.5 Å². The fraction of sp³-hybridized carbons (Fsp3) is 0.500. The maximum atomic E-state index is 12.3. The van der Waals surface area contributed by atoms with Crippen LogP contribution in [0.15, 0.2) is 29.2 Å². The van der Waals surface area contributed by atoms with E-state index in [4.69, 9.17) is 5.11 Å². The molecule has 0 heterocycles. The lowest BCUT2D eigenvalue weighted by Crippen LogP contribution is -2.33. The third-order valence-corrected chi connectivity index (χ3v) is 4.71. The zero-order chi connectivity index (χ0) is 15.9. The highest BCUT2D eigenvalue weighted by molar-refractivity contribution is 7.89. The van der Waals surface area contributed by atoms with Crippen molar-refractivity contribution in [3.8, 4) is 11.8 Å². The van der Waals surface area contributed by atoms with Crippen molar-refractivity contribution in [3.05, 3.63) is 29.8 Å². The molecular formula is C16H23NO3S. The van der Waals surface area contributed by atoms with Crippen LogP contribution in [-0.2, 0) is 10.0 Å². The molecule has 0 fully saturated rings. The Kier molecular flexibility index (Phi) is 6.41. The molecule has 0 bridgehead atoms. The zero-order valence-electron chi connectivity index (χ0n) is 12.8. The maximum absolute atomic E-state index is 12.3. The van der Waals surface area contributed by atoms with Gasteiger partial charge in [0.2, 0.25) is 10.0 Å². The lowest BCUT2D eigenvalue weighted by atomic mass is 9.91. The van der Waals surface area contributed by atoms with Gasteiger partial charge in [0.05, 0.1) is 11.5 Å². The first-order valence-electron chi connectivity index (χ1n) is 7.00. The van der Waals surface area contributed by atoms with Crippen molar-refractivity contribution < 1.29 is 13.5 Å². The molecule has 0 aliphatic rings. The predicted octanol–water partition coefficient (Wildman–Crippen LogP) is 2.13. The van der Waals surface area contributed by atoms with E-state index < -0.39 is 10.0 Å². The van der Waals surface area contributed by atoms with Crippen LogP contribution >= 0.6 is 0 Å². The number of benzene rings is 1. The topological polar surface area (TPSA) is 66.4 Å². The lowest BCUT2D eigenvalue weighted by Gasteiger charge is -2.22. The molecule has 0 unspecified atom stereocenters. The molecule has 0 aliphatic heterocycles. The van der Waals surface area contributed by atoms with E-state index in [1.165, 1.54) is 0 Å². The monoisotopic (exact) mass is 309 g/mol. The third kappa shape index (κ3) is 5.88. The zero-order valence-corrected chi connectivity index (χ0v) is 13.6. The average molecular weight is 309 g/mol. The summed E-state index contributed by atoms with van der Waals surface area (Å²) >= 11 is 0. The molecule has 1 aromatic carbocycles. The molecule has 1 rings (SSSR count). The number of aliphatic hydroxyl groups is 1. The molecule has 5 heteroatoms. The molecule has 0 aromatic heterocycles. The summed E-state index contributed by atoms with van der Waals surface area (Å²) in [6.07, 6.45) is 1.27. The minimum absolute atomic E-state index is 0.00134. The Balaban J connectivity index is 2.89. The SMILES string of the molecule is CCC(C)(C)CNS(=O)(=O)c1cccc(C#CCCO)c1. The quantitative estimate of drug-likeness (QED) is 0.791. The third-order valence-electron chi connectivity index (χ3n) is 3.31. The number of rotatable bonds is 6. The van der Waals surface area contributed by atoms with Gasteiger partial charge < -0.3 is 5.11 Å². The molecule has 0 saturated carbocycles. The van der Waals surface area contributed by atoms with Crippen LogP contribution in [0.4, 0.5) is 0 Å². The number of aliphatic hydroxyl groups excluding tert-OH is 1. The minimum atomic E-state index is -3.52. The van der Waals surface area contributed by atoms with Crippen LogP contribution in [0.25, 0.3) is 0 Å². The van der Waals surface area contributed by atoms with E-state index >= 15 is 0 Å². The molecule has 0 saturated heterocycles. The fourth-order valence-corrected chi connectivity index (χ4v) is 2.75. The number of hydrogen-bond acceptors (Lipinski definition) is 3. The van der Waals surface area contributed by atoms with Crippen molar-refractivity contribution in [3.63, 3.8) is 0 Å². The van der Waals surface area contributed by atoms with Crippen LogP contribution in [-0.4, -0.2) is 26.7 Å². The summed E-state index contributed by atoms with van der Waals surface area (Å²) in [5.74, 6) is 5.62. The Hall–Kier alpha value is -1.35. The highest BCUT2D eigenvalue weighted by atomic mass is 32.2. The molecule has 0 spiro atoms. The number of nitrogens with one attached hydrogen (secondary N) is 1. The maximum Gasteiger partial charge on any atom is 0.240 e. The smallest absolute Gasteiger partial charge is 0.240 e. The van der Waals surface area contributed by atoms with Gasteiger partial charge in [-0.2, -0.15) is 0 Å². The van der Waals surface area contributed by atoms with Gasteiger partial charge in [-0.15, -0.1) is 0 Å². The minimum Gasteiger partial charge on any atom is -0.395 e. The molecule has 116 valence electrons. The summed E-state index contributed by atoms with van der Waals surface area (Å²) in [7, 11) is -3.52. The molecular weight excluding hydrogens is 286 g/mol. The first-order valence-corrected chi connectivity index (χ1v) is 8.48. The van der Waals surface area contributed by atoms with Crippen molar-refractivity contribution >= 4 is 10.0 Å². The summed E-state index contributed by atoms with van der Waals surface area (Å²) in [6.45, 7) is 6.47. The first kappa shape index (κ1) is 17.7. The van der Waals surface area contributed by atoms with Crippen molar-refractivity contribution in [1.29, 1.82) is 0 Å². The van der Waals surface area contributed by atoms with Crippen LogP contribution in [0, 0.1) is 17.3 Å². The summed E-state index contributed by atoms with van der Waals surface area (Å²) in [6, 6.07) is 6.52. The van der Waals surface area contributed by atoms with Gasteiger partial charge >= 0.3 is 0 Å². The second-order valence-electron chi connectivity index (χ2n) is 5.65. The van der Waals surface area contributed by atoms with Crippen LogP contribution in [0.1, 0.15) is 39.2 Å². The predicted molar refractivity (Wildman–Crippen MR) is 84.3 cm³/mol. The van der Waals surface area contributed by atoms with E-state index in [9.17, 15) is 8.42 Å². The van der Waals surface area contributed by atoms with Gasteiger partial charge in [-0.25, -0.2) is 13.1 Å². The van der Waals surface area contributed by atoms with Gasteiger partial charge in [0, 0.05) is 18.5 Å². The first-order chi connectivity index (χ1) is 9.80. The van der Waals surface area contributed by atoms with Crippen molar-refractivity contribution in [2.75, 3.05) is 13.2 Å². The molecule has 21 heavy (non-hydrogen) atoms. The Bertz CT molecular complexity index is 624. The molecule has 2 N–H and O–H groups in total. The van der Waals surface area contributed by atoms with E-state index in [0.717, 1.165) is 6.42 Å². The average Bonchev–Trinajstić information content (AvgIpc) is 2.46. The van der Waals surface area contributed by atoms with Crippen molar-refractivity contribution in [2.24, 2.45) is 5.41 Å². The van der Waals surface area contributed by atoms with Crippen LogP contribution in [0.3, 0.4) is 0 Å². The van der Waals surface area contributed by atoms with E-state index in [-0.39, 0.29) is 16.9 Å². The van der Waals surface area contributed by atoms with Gasteiger partial charge in [0.1, 0.15) is 0 Å². The number of sulfonamides is 1. The summed E-state index contributed by atoms with van der Waals surface area (Å²) in [4.78, 5) is 0.213. The van der Waals surface area contributed by atoms with E-state index in [2.05, 4.69) is 16.6 Å². The van der Waals surface area contributed by atoms with Crippen LogP contribution in [0.5, 0.6) is 0 Å². The van der Waals surface area contributed by atoms with Crippen molar-refractivity contribution in [1.82, 2.24) is 4.72 Å². The largest absolute Gasteiger partial charge is 0.395 e. The van der Waals surface area contributed by atoms with E-state index in [1.54, 1.807) is 24.3 Å². The molecule has 0 aliphatic carbocycles. The summed E-state index contributed by atoms with van der Waals surface area (Å²) in [5, 5.41) is 8.69. The summed E-state index contributed by atoms with van der Waals surface area (Å²) in [5.41, 5.74) is 0.548. The Morgan fingerprint density at radius 3 is 2.67 bits per heavy atom. The molecule has 1 aromatic rings. The highest BCUT2D eigenvalue weighted by Crippen LogP contribution is 2.19. The van der Waals surface area contributed by atoms with E-state index in [0.29, 0.717) is 18.5 Å². The summed E-state index contributed by atoms with van der Waals surface area (Å²) < 4.78 is 27.2. The normalized spacial score (nSPS) is 11.8. The van der Waals surface area contributed by atoms with Gasteiger partial charge in [0.15, 0.2) is 0 Å². The van der Waals surface area contributed by atoms with Gasteiger partial charge in [0.25, 0.3) is 0 Å². The van der Waals surface area contributed by atoms with E-state index in [1.807, 2.05) is 20.8 Å². The van der Waals surface area contributed by atoms with Crippen LogP contribution in [0.2, 0.25) is 0 Å². The van der Waals surface area contributed by atoms with Gasteiger partial charge in [-0.05, 0) is 30.0 Å². The fourth-order valence-electron chi connectivity index (χ4n) is 1.46. The van der Waals surface area contributed by atoms with Gasteiger partial charge in [-0.3, -0.25) is 0 Å². The highest BCUT2D eigenvalue weighted by Gasteiger charge is 2.20. The lowest BCUT2D eigenvalue weighted by molar-refractivity contribution is 0.305. The molecule has 0 radical (unpaired) electrons. The molecule has 0 amide bonds. The second kappa shape index (κ2) is 7.60. The Labute approximate surface area is 127 Å². The Morgan fingerprint density at radius 1 is 1.33 bits per heavy atom. The van der Waals surface area contributed by atoms with Crippen LogP contribution < -0.4 is 4.72 Å². The second-order valence-corrected chi connectivity index (χ2v) is 7.41. The molecule has 4 nitrogen and oxygen atoms in total. The molecule has 0 atom stereocenters. The Morgan fingerprint density at radius 2 is 2.05 bits per heavy atom. The van der Waals surface area contributed by atoms with Gasteiger partial charge in [-0.1, -0.05) is 38.7 Å². The standard InChI is InChI=1S/C16H23NO3S/c1-4-16(2,3)13-17-21(19,20)15-10-7-9-14(12-15)8-5-6-11-18/h7,9-10,12,17-18H,4,6,11,13H2,1-3H3.